The molecule has 0 atom stereocenters. The van der Waals surface area contributed by atoms with Crippen LogP contribution in [0.4, 0.5) is 0 Å². The number of benzene rings is 5. The average molecular weight is 585 g/mol. The summed E-state index contributed by atoms with van der Waals surface area (Å²) in [5, 5.41) is 19.0. The SMILES string of the molecule is CC(C)(C)c1cc2c3c(c1)-n1nc(C(C)(C)C)c4cc5cccc6c5c(c41)B3c1c3c-6cccc3cc3c(C(C)(C)C)nn-2c13. The molecule has 0 N–H and O–H groups in total. The molecule has 3 aliphatic rings. The molecule has 0 unspecified atom stereocenters. The number of hydrogen-bond acceptors (Lipinski definition) is 2. The van der Waals surface area contributed by atoms with Gasteiger partial charge in [0, 0.05) is 21.6 Å². The molecular formula is C40H37BN4. The van der Waals surface area contributed by atoms with Crippen molar-refractivity contribution in [1.82, 2.24) is 19.6 Å². The molecule has 0 aliphatic carbocycles. The molecule has 5 heterocycles. The third-order valence-corrected chi connectivity index (χ3v) is 10.7. The van der Waals surface area contributed by atoms with Crippen molar-refractivity contribution in [3.63, 3.8) is 0 Å². The maximum Gasteiger partial charge on any atom is 0.254 e. The van der Waals surface area contributed by atoms with Crippen LogP contribution in [0.2, 0.25) is 0 Å². The van der Waals surface area contributed by atoms with Crippen molar-refractivity contribution in [1.29, 1.82) is 0 Å². The zero-order chi connectivity index (χ0) is 31.1. The summed E-state index contributed by atoms with van der Waals surface area (Å²) in [6.07, 6.45) is 0. The molecule has 45 heavy (non-hydrogen) atoms. The van der Waals surface area contributed by atoms with Gasteiger partial charge in [-0.15, -0.1) is 0 Å². The minimum absolute atomic E-state index is 0.0408. The second-order valence-electron chi connectivity index (χ2n) is 16.8. The molecule has 220 valence electrons. The fourth-order valence-electron chi connectivity index (χ4n) is 8.78. The predicted octanol–water partition coefficient (Wildman–Crippen LogP) is 7.69. The molecule has 3 aliphatic heterocycles. The van der Waals surface area contributed by atoms with E-state index in [0.29, 0.717) is 0 Å². The lowest BCUT2D eigenvalue weighted by Gasteiger charge is -2.34. The van der Waals surface area contributed by atoms with E-state index in [4.69, 9.17) is 10.2 Å². The van der Waals surface area contributed by atoms with Gasteiger partial charge in [-0.05, 0) is 84.3 Å². The van der Waals surface area contributed by atoms with E-state index in [9.17, 15) is 0 Å². The van der Waals surface area contributed by atoms with E-state index >= 15 is 0 Å². The standard InChI is InChI=1S/C40H37BN4/c1-38(2,3)22-18-27-31-28(19-22)45-35-26(37(43-45)40(7,8)9)17-21-13-11-15-24-23-14-10-12-20-16-25-34(44(27)42-36(25)39(4,5)6)32(29(20)23)41(31)33(35)30(21)24/h10-19H,1-9H3. The number of fused-ring (bicyclic) bond motifs is 3. The second-order valence-corrected chi connectivity index (χ2v) is 16.8. The van der Waals surface area contributed by atoms with Crippen LogP contribution in [-0.4, -0.2) is 26.3 Å². The van der Waals surface area contributed by atoms with E-state index in [1.54, 1.807) is 0 Å². The third kappa shape index (κ3) is 2.96. The molecule has 10 rings (SSSR count). The molecule has 5 aromatic carbocycles. The van der Waals surface area contributed by atoms with Crippen molar-refractivity contribution in [3.8, 4) is 22.5 Å². The lowest BCUT2D eigenvalue weighted by Crippen LogP contribution is -2.60. The van der Waals surface area contributed by atoms with E-state index in [0.717, 1.165) is 11.4 Å². The molecule has 0 saturated carbocycles. The van der Waals surface area contributed by atoms with E-state index in [1.165, 1.54) is 87.8 Å². The molecule has 5 heteroatoms. The molecular weight excluding hydrogens is 547 g/mol. The Kier molecular flexibility index (Phi) is 4.33. The molecule has 0 bridgehead atoms. The second kappa shape index (κ2) is 7.53. The highest BCUT2D eigenvalue weighted by atomic mass is 15.3. The van der Waals surface area contributed by atoms with Gasteiger partial charge in [-0.3, -0.25) is 0 Å². The lowest BCUT2D eigenvalue weighted by molar-refractivity contribution is 0.563. The summed E-state index contributed by atoms with van der Waals surface area (Å²) >= 11 is 0. The smallest absolute Gasteiger partial charge is 0.234 e. The van der Waals surface area contributed by atoms with Gasteiger partial charge in [-0.25, -0.2) is 9.36 Å². The Bertz CT molecular complexity index is 2370. The van der Waals surface area contributed by atoms with Crippen LogP contribution < -0.4 is 16.4 Å². The van der Waals surface area contributed by atoms with Crippen molar-refractivity contribution >= 4 is 66.5 Å². The Morgan fingerprint density at radius 1 is 0.533 bits per heavy atom. The molecule has 0 fully saturated rings. The highest BCUT2D eigenvalue weighted by Gasteiger charge is 2.46. The maximum atomic E-state index is 5.54. The largest absolute Gasteiger partial charge is 0.254 e. The van der Waals surface area contributed by atoms with E-state index in [-0.39, 0.29) is 23.0 Å². The van der Waals surface area contributed by atoms with Crippen molar-refractivity contribution in [3.05, 3.63) is 77.6 Å². The number of rotatable bonds is 0. The highest BCUT2D eigenvalue weighted by Crippen LogP contribution is 2.45. The van der Waals surface area contributed by atoms with E-state index < -0.39 is 0 Å². The average Bonchev–Trinajstić information content (AvgIpc) is 3.51. The van der Waals surface area contributed by atoms with Crippen LogP contribution in [-0.2, 0) is 16.2 Å². The van der Waals surface area contributed by atoms with Gasteiger partial charge >= 0.3 is 0 Å². The van der Waals surface area contributed by atoms with Gasteiger partial charge in [0.15, 0.2) is 0 Å². The number of aromatic nitrogens is 4. The molecule has 0 spiro atoms. The number of hydrogen-bond donors (Lipinski definition) is 0. The van der Waals surface area contributed by atoms with E-state index in [1.807, 2.05) is 0 Å². The summed E-state index contributed by atoms with van der Waals surface area (Å²) < 4.78 is 4.64. The van der Waals surface area contributed by atoms with Crippen LogP contribution in [0.5, 0.6) is 0 Å². The van der Waals surface area contributed by atoms with Crippen molar-refractivity contribution in [2.45, 2.75) is 78.6 Å². The summed E-state index contributed by atoms with van der Waals surface area (Å²) in [4.78, 5) is 0. The highest BCUT2D eigenvalue weighted by molar-refractivity contribution is 7.03. The summed E-state index contributed by atoms with van der Waals surface area (Å²) in [7, 11) is 0. The zero-order valence-corrected chi connectivity index (χ0v) is 27.6. The van der Waals surface area contributed by atoms with Crippen LogP contribution in [0.15, 0.2) is 60.7 Å². The fourth-order valence-corrected chi connectivity index (χ4v) is 8.78. The summed E-state index contributed by atoms with van der Waals surface area (Å²) in [6, 6.07) is 23.5. The van der Waals surface area contributed by atoms with Crippen LogP contribution >= 0.6 is 0 Å². The van der Waals surface area contributed by atoms with Crippen molar-refractivity contribution < 1.29 is 0 Å². The molecule has 0 amide bonds. The molecule has 0 saturated heterocycles. The first-order valence-electron chi connectivity index (χ1n) is 16.4. The fraction of sp³-hybridized carbons (Fsp3) is 0.300. The Morgan fingerprint density at radius 2 is 0.978 bits per heavy atom. The first-order chi connectivity index (χ1) is 21.2. The zero-order valence-electron chi connectivity index (χ0n) is 27.6. The Hall–Kier alpha value is -4.38. The van der Waals surface area contributed by atoms with Gasteiger partial charge in [0.1, 0.15) is 0 Å². The van der Waals surface area contributed by atoms with Crippen molar-refractivity contribution in [2.24, 2.45) is 0 Å². The van der Waals surface area contributed by atoms with Gasteiger partial charge in [-0.1, -0.05) is 98.7 Å². The van der Waals surface area contributed by atoms with Crippen LogP contribution in [0, 0.1) is 0 Å². The van der Waals surface area contributed by atoms with Crippen molar-refractivity contribution in [2.75, 3.05) is 0 Å². The summed E-state index contributed by atoms with van der Waals surface area (Å²) in [5.41, 5.74) is 15.1. The Morgan fingerprint density at radius 3 is 1.38 bits per heavy atom. The molecule has 7 aromatic rings. The topological polar surface area (TPSA) is 35.6 Å². The monoisotopic (exact) mass is 584 g/mol. The van der Waals surface area contributed by atoms with Gasteiger partial charge < -0.3 is 0 Å². The molecule has 4 nitrogen and oxygen atoms in total. The summed E-state index contributed by atoms with van der Waals surface area (Å²) in [6.45, 7) is 20.8. The molecule has 0 radical (unpaired) electrons. The third-order valence-electron chi connectivity index (χ3n) is 10.7. The lowest BCUT2D eigenvalue weighted by atomic mass is 9.33. The van der Waals surface area contributed by atoms with E-state index in [2.05, 4.69) is 132 Å². The first kappa shape index (κ1) is 25.9. The van der Waals surface area contributed by atoms with Gasteiger partial charge in [-0.2, -0.15) is 10.2 Å². The van der Waals surface area contributed by atoms with Gasteiger partial charge in [0.2, 0.25) is 0 Å². The number of nitrogens with zero attached hydrogens (tertiary/aromatic N) is 4. The van der Waals surface area contributed by atoms with Crippen LogP contribution in [0.25, 0.3) is 65.9 Å². The quantitative estimate of drug-likeness (QED) is 0.171. The minimum atomic E-state index is -0.110. The maximum absolute atomic E-state index is 5.54. The Labute approximate surface area is 264 Å². The summed E-state index contributed by atoms with van der Waals surface area (Å²) in [5.74, 6) is 0. The van der Waals surface area contributed by atoms with Gasteiger partial charge in [0.25, 0.3) is 6.71 Å². The Balaban J connectivity index is 1.56. The normalized spacial score (nSPS) is 14.7. The minimum Gasteiger partial charge on any atom is -0.234 e. The predicted molar refractivity (Wildman–Crippen MR) is 190 cm³/mol. The van der Waals surface area contributed by atoms with Crippen LogP contribution in [0.1, 0.15) is 79.3 Å². The van der Waals surface area contributed by atoms with Crippen LogP contribution in [0.3, 0.4) is 0 Å². The first-order valence-corrected chi connectivity index (χ1v) is 16.4. The van der Waals surface area contributed by atoms with Gasteiger partial charge in [0.05, 0.1) is 33.8 Å². The molecule has 2 aromatic heterocycles.